The van der Waals surface area contributed by atoms with Gasteiger partial charge in [-0.2, -0.15) is 0 Å². The zero-order valence-electron chi connectivity index (χ0n) is 19.0. The first-order valence-electron chi connectivity index (χ1n) is 10.1. The number of hydrogen-bond donors (Lipinski definition) is 3. The molecule has 1 heterocycles. The maximum Gasteiger partial charge on any atom is 0.227 e. The van der Waals surface area contributed by atoms with E-state index < -0.39 is 16.2 Å². The van der Waals surface area contributed by atoms with Gasteiger partial charge in [-0.25, -0.2) is 0 Å². The molecule has 0 fully saturated rings. The number of amides is 3. The van der Waals surface area contributed by atoms with E-state index in [-0.39, 0.29) is 37.4 Å². The second kappa shape index (κ2) is 10.7. The summed E-state index contributed by atoms with van der Waals surface area (Å²) in [6.07, 6.45) is 1.10. The van der Waals surface area contributed by atoms with Crippen molar-refractivity contribution in [3.05, 3.63) is 0 Å². The maximum absolute atomic E-state index is 12.4. The van der Waals surface area contributed by atoms with E-state index in [1.165, 1.54) is 0 Å². The monoisotopic (exact) mass is 411 g/mol. The normalized spacial score (nSPS) is 22.0. The molecule has 0 aliphatic carbocycles. The van der Waals surface area contributed by atoms with Crippen LogP contribution >= 0.6 is 0 Å². The van der Waals surface area contributed by atoms with Crippen LogP contribution in [0.2, 0.25) is 0 Å². The standard InChI is InChI=1S/C24H33N3O3/c1-22(2)13-7-10-17-26-20(29)24(5,6)15-9-12-18-27-21(30)23(3,4)14-8-11-16-25-19(22)28/h13-18H2,1-6H3,(H,25,28)(H,26,29)(H,27,30). The Morgan fingerprint density at radius 3 is 0.967 bits per heavy atom. The van der Waals surface area contributed by atoms with Crippen molar-refractivity contribution in [2.45, 2.75) is 60.8 Å². The molecule has 3 amide bonds. The largest absolute Gasteiger partial charge is 0.345 e. The van der Waals surface area contributed by atoms with E-state index in [4.69, 9.17) is 0 Å². The molecule has 1 aliphatic heterocycles. The summed E-state index contributed by atoms with van der Waals surface area (Å²) in [5.41, 5.74) is -2.03. The minimum atomic E-state index is -0.675. The van der Waals surface area contributed by atoms with Crippen LogP contribution in [0.4, 0.5) is 0 Å². The fourth-order valence-corrected chi connectivity index (χ4v) is 2.37. The average Bonchev–Trinajstić information content (AvgIpc) is 2.65. The maximum atomic E-state index is 12.4. The van der Waals surface area contributed by atoms with Crippen molar-refractivity contribution < 1.29 is 14.4 Å². The Bertz CT molecular complexity index is 735. The molecule has 0 saturated heterocycles. The topological polar surface area (TPSA) is 87.3 Å². The van der Waals surface area contributed by atoms with Crippen LogP contribution < -0.4 is 16.0 Å². The van der Waals surface area contributed by atoms with Gasteiger partial charge in [0, 0.05) is 19.3 Å². The molecule has 1 aliphatic rings. The Hall–Kier alpha value is -2.91. The van der Waals surface area contributed by atoms with Gasteiger partial charge in [0.25, 0.3) is 0 Å². The lowest BCUT2D eigenvalue weighted by molar-refractivity contribution is -0.129. The zero-order chi connectivity index (χ0) is 22.8. The third kappa shape index (κ3) is 8.22. The molecule has 0 aromatic carbocycles. The predicted octanol–water partition coefficient (Wildman–Crippen LogP) is 1.61. The van der Waals surface area contributed by atoms with E-state index in [1.54, 1.807) is 0 Å². The van der Waals surface area contributed by atoms with Gasteiger partial charge in [-0.05, 0) is 0 Å². The van der Waals surface area contributed by atoms with Gasteiger partial charge in [0.05, 0.1) is 35.9 Å². The molecule has 0 aromatic heterocycles. The summed E-state index contributed by atoms with van der Waals surface area (Å²) in [4.78, 5) is 37.1. The van der Waals surface area contributed by atoms with Crippen LogP contribution in [0.25, 0.3) is 0 Å². The zero-order valence-corrected chi connectivity index (χ0v) is 19.0. The van der Waals surface area contributed by atoms with Crippen molar-refractivity contribution in [1.29, 1.82) is 0 Å². The molecule has 0 bridgehead atoms. The van der Waals surface area contributed by atoms with E-state index in [0.29, 0.717) is 19.3 Å². The number of carbonyl (C=O) groups is 3. The molecular weight excluding hydrogens is 378 g/mol. The fourth-order valence-electron chi connectivity index (χ4n) is 2.37. The number of hydrogen-bond acceptors (Lipinski definition) is 3. The van der Waals surface area contributed by atoms with E-state index in [1.807, 2.05) is 41.5 Å². The Kier molecular flexibility index (Phi) is 9.00. The second-order valence-corrected chi connectivity index (χ2v) is 9.29. The number of rotatable bonds is 0. The summed E-state index contributed by atoms with van der Waals surface area (Å²) in [6.45, 7) is 11.5. The van der Waals surface area contributed by atoms with Gasteiger partial charge in [-0.3, -0.25) is 14.4 Å². The van der Waals surface area contributed by atoms with Crippen molar-refractivity contribution in [2.75, 3.05) is 19.6 Å². The van der Waals surface area contributed by atoms with Gasteiger partial charge >= 0.3 is 0 Å². The average molecular weight is 412 g/mol. The molecule has 1 rings (SSSR count). The van der Waals surface area contributed by atoms with Gasteiger partial charge in [-0.1, -0.05) is 59.3 Å². The molecule has 0 aromatic rings. The summed E-state index contributed by atoms with van der Waals surface area (Å²) >= 11 is 0. The van der Waals surface area contributed by atoms with Gasteiger partial charge < -0.3 is 16.0 Å². The summed E-state index contributed by atoms with van der Waals surface area (Å²) in [6, 6.07) is 0. The van der Waals surface area contributed by atoms with Crippen LogP contribution in [0.3, 0.4) is 0 Å². The van der Waals surface area contributed by atoms with Crippen molar-refractivity contribution in [3.63, 3.8) is 0 Å². The van der Waals surface area contributed by atoms with Gasteiger partial charge in [-0.15, -0.1) is 17.8 Å². The molecule has 0 unspecified atom stereocenters. The van der Waals surface area contributed by atoms with Gasteiger partial charge in [0.2, 0.25) is 17.7 Å². The first-order valence-corrected chi connectivity index (χ1v) is 10.1. The molecule has 6 heteroatoms. The number of carbonyl (C=O) groups excluding carboxylic acids is 3. The van der Waals surface area contributed by atoms with E-state index in [0.717, 1.165) is 0 Å². The minimum absolute atomic E-state index is 0.142. The summed E-state index contributed by atoms with van der Waals surface area (Å²) in [5, 5.41) is 8.37. The third-order valence-corrected chi connectivity index (χ3v) is 4.82. The van der Waals surface area contributed by atoms with Gasteiger partial charge in [0.1, 0.15) is 0 Å². The van der Waals surface area contributed by atoms with Crippen LogP contribution in [0.15, 0.2) is 0 Å². The Balaban J connectivity index is 2.95. The van der Waals surface area contributed by atoms with Crippen molar-refractivity contribution >= 4 is 17.7 Å². The van der Waals surface area contributed by atoms with Crippen LogP contribution in [0.5, 0.6) is 0 Å². The lowest BCUT2D eigenvalue weighted by atomic mass is 9.88. The SMILES string of the molecule is CC1(C)CC#CCNC(=O)C(C)(C)CC#CCNC(=O)C(C)(C)CC#CCNC1=O. The summed E-state index contributed by atoms with van der Waals surface area (Å²) < 4.78 is 0. The fraction of sp³-hybridized carbons (Fsp3) is 0.625. The molecule has 3 N–H and O–H groups in total. The van der Waals surface area contributed by atoms with E-state index >= 15 is 0 Å². The highest BCUT2D eigenvalue weighted by Gasteiger charge is 2.28. The molecule has 0 saturated carbocycles. The molecule has 162 valence electrons. The van der Waals surface area contributed by atoms with Crippen LogP contribution in [0.1, 0.15) is 60.8 Å². The Labute approximate surface area is 180 Å². The van der Waals surface area contributed by atoms with E-state index in [9.17, 15) is 14.4 Å². The second-order valence-electron chi connectivity index (χ2n) is 9.29. The van der Waals surface area contributed by atoms with Crippen molar-refractivity contribution in [1.82, 2.24) is 16.0 Å². The third-order valence-electron chi connectivity index (χ3n) is 4.82. The molecule has 30 heavy (non-hydrogen) atoms. The van der Waals surface area contributed by atoms with E-state index in [2.05, 4.69) is 51.5 Å². The van der Waals surface area contributed by atoms with Gasteiger partial charge in [0.15, 0.2) is 0 Å². The predicted molar refractivity (Wildman–Crippen MR) is 118 cm³/mol. The highest BCUT2D eigenvalue weighted by molar-refractivity contribution is 5.83. The van der Waals surface area contributed by atoms with Crippen LogP contribution in [0, 0.1) is 51.8 Å². The van der Waals surface area contributed by atoms with Crippen molar-refractivity contribution in [3.8, 4) is 35.5 Å². The first-order chi connectivity index (χ1) is 13.9. The molecule has 0 spiro atoms. The van der Waals surface area contributed by atoms with Crippen LogP contribution in [-0.2, 0) is 14.4 Å². The smallest absolute Gasteiger partial charge is 0.227 e. The molecule has 6 nitrogen and oxygen atoms in total. The molecule has 0 radical (unpaired) electrons. The highest BCUT2D eigenvalue weighted by Crippen LogP contribution is 2.21. The summed E-state index contributed by atoms with van der Waals surface area (Å²) in [7, 11) is 0. The Morgan fingerprint density at radius 2 is 0.733 bits per heavy atom. The van der Waals surface area contributed by atoms with Crippen LogP contribution in [-0.4, -0.2) is 37.4 Å². The minimum Gasteiger partial charge on any atom is -0.345 e. The Morgan fingerprint density at radius 1 is 0.500 bits per heavy atom. The highest BCUT2D eigenvalue weighted by atomic mass is 16.2. The number of nitrogens with one attached hydrogen (secondary N) is 3. The quantitative estimate of drug-likeness (QED) is 0.529. The lowest BCUT2D eigenvalue weighted by Gasteiger charge is -2.20. The molecular formula is C24H33N3O3. The first kappa shape index (κ1) is 25.1. The summed E-state index contributed by atoms with van der Waals surface area (Å²) in [5.74, 6) is 17.2. The lowest BCUT2D eigenvalue weighted by Crippen LogP contribution is -2.37. The molecule has 0 atom stereocenters. The van der Waals surface area contributed by atoms with Crippen molar-refractivity contribution in [2.24, 2.45) is 16.2 Å².